The van der Waals surface area contributed by atoms with E-state index in [0.717, 1.165) is 17.3 Å². The van der Waals surface area contributed by atoms with E-state index in [1.54, 1.807) is 26.0 Å². The van der Waals surface area contributed by atoms with Crippen molar-refractivity contribution in [1.29, 1.82) is 0 Å². The predicted octanol–water partition coefficient (Wildman–Crippen LogP) is 3.64. The quantitative estimate of drug-likeness (QED) is 0.369. The molecule has 6 nitrogen and oxygen atoms in total. The number of thiocarbonyl (C=S) groups is 1. The van der Waals surface area contributed by atoms with Crippen LogP contribution in [0.3, 0.4) is 0 Å². The minimum Gasteiger partial charge on any atom is -0.490 e. The van der Waals surface area contributed by atoms with Crippen molar-refractivity contribution in [3.63, 3.8) is 0 Å². The van der Waals surface area contributed by atoms with Crippen molar-refractivity contribution in [3.05, 3.63) is 28.7 Å². The van der Waals surface area contributed by atoms with Crippen molar-refractivity contribution in [3.8, 4) is 11.5 Å². The molecule has 1 heterocycles. The summed E-state index contributed by atoms with van der Waals surface area (Å²) in [6, 6.07) is 5.46. The summed E-state index contributed by atoms with van der Waals surface area (Å²) in [6.45, 7) is 8.15. The van der Waals surface area contributed by atoms with E-state index in [2.05, 4.69) is 0 Å². The maximum atomic E-state index is 12.6. The number of hydrogen-bond donors (Lipinski definition) is 0. The summed E-state index contributed by atoms with van der Waals surface area (Å²) in [6.07, 6.45) is 1.48. The van der Waals surface area contributed by atoms with Gasteiger partial charge in [-0.3, -0.25) is 14.5 Å². The molecule has 0 aliphatic carbocycles. The van der Waals surface area contributed by atoms with Gasteiger partial charge < -0.3 is 14.2 Å². The molecule has 27 heavy (non-hydrogen) atoms. The lowest BCUT2D eigenvalue weighted by Gasteiger charge is -2.15. The average Bonchev–Trinajstić information content (AvgIpc) is 2.84. The Morgan fingerprint density at radius 3 is 2.52 bits per heavy atom. The molecule has 0 atom stereocenters. The summed E-state index contributed by atoms with van der Waals surface area (Å²) >= 11 is 6.40. The predicted molar refractivity (Wildman–Crippen MR) is 110 cm³/mol. The number of ether oxygens (including phenoxy) is 3. The van der Waals surface area contributed by atoms with Crippen LogP contribution in [0, 0.1) is 0 Å². The van der Waals surface area contributed by atoms with Crippen molar-refractivity contribution >= 4 is 46.3 Å². The molecule has 1 aromatic carbocycles. The van der Waals surface area contributed by atoms with Gasteiger partial charge in [-0.05, 0) is 51.5 Å². The highest BCUT2D eigenvalue weighted by Crippen LogP contribution is 2.34. The highest BCUT2D eigenvalue weighted by Gasteiger charge is 2.34. The number of esters is 1. The van der Waals surface area contributed by atoms with Crippen LogP contribution in [-0.4, -0.2) is 47.0 Å². The van der Waals surface area contributed by atoms with Gasteiger partial charge in [0.15, 0.2) is 11.5 Å². The van der Waals surface area contributed by atoms with Crippen molar-refractivity contribution < 1.29 is 23.8 Å². The monoisotopic (exact) mass is 409 g/mol. The van der Waals surface area contributed by atoms with Crippen LogP contribution in [0.5, 0.6) is 11.5 Å². The van der Waals surface area contributed by atoms with Crippen LogP contribution in [0.15, 0.2) is 23.1 Å². The zero-order valence-corrected chi connectivity index (χ0v) is 17.4. The Morgan fingerprint density at radius 2 is 1.89 bits per heavy atom. The second kappa shape index (κ2) is 9.75. The topological polar surface area (TPSA) is 65.1 Å². The van der Waals surface area contributed by atoms with Gasteiger partial charge in [0.2, 0.25) is 0 Å². The lowest BCUT2D eigenvalue weighted by Crippen LogP contribution is -2.35. The fraction of sp³-hybridized carbons (Fsp3) is 0.421. The third-order valence-electron chi connectivity index (χ3n) is 3.39. The summed E-state index contributed by atoms with van der Waals surface area (Å²) in [7, 11) is 0. The zero-order chi connectivity index (χ0) is 20.0. The molecule has 0 aromatic heterocycles. The van der Waals surface area contributed by atoms with E-state index in [1.165, 1.54) is 4.90 Å². The highest BCUT2D eigenvalue weighted by atomic mass is 32.2. The first-order valence-corrected chi connectivity index (χ1v) is 9.92. The fourth-order valence-electron chi connectivity index (χ4n) is 2.37. The van der Waals surface area contributed by atoms with E-state index in [1.807, 2.05) is 26.0 Å². The smallest absolute Gasteiger partial charge is 0.326 e. The molecular weight excluding hydrogens is 386 g/mol. The van der Waals surface area contributed by atoms with Gasteiger partial charge in [0, 0.05) is 0 Å². The van der Waals surface area contributed by atoms with E-state index < -0.39 is 5.97 Å². The van der Waals surface area contributed by atoms with Crippen molar-refractivity contribution in [2.75, 3.05) is 19.8 Å². The van der Waals surface area contributed by atoms with E-state index in [-0.39, 0.29) is 18.6 Å². The van der Waals surface area contributed by atoms with E-state index in [0.29, 0.717) is 33.9 Å². The van der Waals surface area contributed by atoms with Crippen molar-refractivity contribution in [1.82, 2.24) is 4.90 Å². The molecule has 146 valence electrons. The van der Waals surface area contributed by atoms with Gasteiger partial charge in [0.05, 0.1) is 24.2 Å². The van der Waals surface area contributed by atoms with Gasteiger partial charge in [0.1, 0.15) is 10.9 Å². The summed E-state index contributed by atoms with van der Waals surface area (Å²) < 4.78 is 16.6. The number of thioether (sulfide) groups is 1. The van der Waals surface area contributed by atoms with Crippen LogP contribution in [0.1, 0.15) is 33.3 Å². The molecule has 0 saturated carbocycles. The number of nitrogens with zero attached hydrogens (tertiary/aromatic N) is 1. The standard InChI is InChI=1S/C19H23NO5S2/c1-5-23-14-8-7-13(9-15(14)24-6-2)10-16-18(22)20(19(26)27-16)11-17(21)25-12(3)4/h7-10,12H,5-6,11H2,1-4H3. The molecule has 1 fully saturated rings. The molecule has 1 saturated heterocycles. The van der Waals surface area contributed by atoms with Crippen LogP contribution in [0.2, 0.25) is 0 Å². The highest BCUT2D eigenvalue weighted by molar-refractivity contribution is 8.26. The minimum atomic E-state index is -0.484. The normalized spacial score (nSPS) is 15.6. The van der Waals surface area contributed by atoms with Gasteiger partial charge >= 0.3 is 5.97 Å². The van der Waals surface area contributed by atoms with E-state index >= 15 is 0 Å². The molecular formula is C19H23NO5S2. The van der Waals surface area contributed by atoms with Crippen LogP contribution in [0.4, 0.5) is 0 Å². The SMILES string of the molecule is CCOc1ccc(C=C2SC(=S)N(CC(=O)OC(C)C)C2=O)cc1OCC. The first kappa shape index (κ1) is 21.2. The number of carbonyl (C=O) groups excluding carboxylic acids is 2. The third-order valence-corrected chi connectivity index (χ3v) is 4.77. The number of amides is 1. The maximum absolute atomic E-state index is 12.6. The largest absolute Gasteiger partial charge is 0.490 e. The zero-order valence-electron chi connectivity index (χ0n) is 15.8. The molecule has 1 amide bonds. The lowest BCUT2D eigenvalue weighted by atomic mass is 10.2. The summed E-state index contributed by atoms with van der Waals surface area (Å²) in [5, 5.41) is 0. The van der Waals surface area contributed by atoms with Crippen LogP contribution in [-0.2, 0) is 14.3 Å². The molecule has 0 N–H and O–H groups in total. The van der Waals surface area contributed by atoms with Crippen LogP contribution in [0.25, 0.3) is 6.08 Å². The Bertz CT molecular complexity index is 760. The number of hydrogen-bond acceptors (Lipinski definition) is 7. The maximum Gasteiger partial charge on any atom is 0.326 e. The summed E-state index contributed by atoms with van der Waals surface area (Å²) in [4.78, 5) is 26.2. The molecule has 1 aromatic rings. The van der Waals surface area contributed by atoms with Crippen molar-refractivity contribution in [2.24, 2.45) is 0 Å². The first-order chi connectivity index (χ1) is 12.8. The molecule has 1 aliphatic rings. The van der Waals surface area contributed by atoms with Gasteiger partial charge in [-0.15, -0.1) is 0 Å². The van der Waals surface area contributed by atoms with Gasteiger partial charge in [-0.1, -0.05) is 30.0 Å². The molecule has 0 spiro atoms. The average molecular weight is 410 g/mol. The summed E-state index contributed by atoms with van der Waals surface area (Å²) in [5.41, 5.74) is 0.784. The molecule has 2 rings (SSSR count). The Labute approximate surface area is 168 Å². The number of carbonyl (C=O) groups is 2. The molecule has 0 unspecified atom stereocenters. The molecule has 1 aliphatic heterocycles. The summed E-state index contributed by atoms with van der Waals surface area (Å²) in [5.74, 6) is 0.476. The molecule has 0 bridgehead atoms. The van der Waals surface area contributed by atoms with Crippen molar-refractivity contribution in [2.45, 2.75) is 33.8 Å². The lowest BCUT2D eigenvalue weighted by molar-refractivity contribution is -0.149. The molecule has 8 heteroatoms. The van der Waals surface area contributed by atoms with Gasteiger partial charge in [-0.2, -0.15) is 0 Å². The molecule has 0 radical (unpaired) electrons. The third kappa shape index (κ3) is 5.71. The second-order valence-electron chi connectivity index (χ2n) is 5.88. The van der Waals surface area contributed by atoms with Gasteiger partial charge in [0.25, 0.3) is 5.91 Å². The Kier molecular flexibility index (Phi) is 7.67. The second-order valence-corrected chi connectivity index (χ2v) is 7.55. The van der Waals surface area contributed by atoms with Crippen LogP contribution < -0.4 is 9.47 Å². The van der Waals surface area contributed by atoms with Crippen LogP contribution >= 0.6 is 24.0 Å². The van der Waals surface area contributed by atoms with Gasteiger partial charge in [-0.25, -0.2) is 0 Å². The Balaban J connectivity index is 2.19. The Morgan fingerprint density at radius 1 is 1.22 bits per heavy atom. The van der Waals surface area contributed by atoms with E-state index in [4.69, 9.17) is 26.4 Å². The minimum absolute atomic E-state index is 0.187. The first-order valence-electron chi connectivity index (χ1n) is 8.70. The fourth-order valence-corrected chi connectivity index (χ4v) is 3.63. The number of benzene rings is 1. The van der Waals surface area contributed by atoms with E-state index in [9.17, 15) is 9.59 Å². The Hall–Kier alpha value is -2.06. The number of rotatable bonds is 8.